The molecule has 0 aliphatic carbocycles. The number of ether oxygens (including phenoxy) is 2. The molecule has 0 fully saturated rings. The van der Waals surface area contributed by atoms with E-state index in [1.54, 1.807) is 28.1 Å². The van der Waals surface area contributed by atoms with Gasteiger partial charge in [0.2, 0.25) is 11.0 Å². The fourth-order valence-corrected chi connectivity index (χ4v) is 7.48. The number of anilines is 2. The van der Waals surface area contributed by atoms with Gasteiger partial charge in [0.25, 0.3) is 0 Å². The van der Waals surface area contributed by atoms with Gasteiger partial charge in [0.1, 0.15) is 18.0 Å². The molecule has 0 saturated heterocycles. The lowest BCUT2D eigenvalue weighted by Gasteiger charge is -2.34. The average Bonchev–Trinajstić information content (AvgIpc) is 3.01. The molecule has 1 aliphatic rings. The third-order valence-electron chi connectivity index (χ3n) is 8.04. The number of thioether (sulfide) groups is 2. The van der Waals surface area contributed by atoms with E-state index in [0.717, 1.165) is 102 Å². The van der Waals surface area contributed by atoms with E-state index in [4.69, 9.17) is 9.47 Å². The molecule has 0 atom stereocenters. The first-order valence-corrected chi connectivity index (χ1v) is 17.1. The number of carbonyl (C=O) groups is 2. The Hall–Kier alpha value is -3.23. The van der Waals surface area contributed by atoms with Gasteiger partial charge >= 0.3 is 0 Å². The molecule has 0 amide bonds. The van der Waals surface area contributed by atoms with Crippen LogP contribution in [0.15, 0.2) is 54.6 Å². The SMILES string of the molecule is COc1cccc2c1-c1c3c(OC)cccc3[n+](CCCCCSC(C)=O)c3cccc(c13)N2CCCCCSC(C)=O. The minimum atomic E-state index is 0.186. The summed E-state index contributed by atoms with van der Waals surface area (Å²) in [5.41, 5.74) is 6.95. The number of benzene rings is 3. The van der Waals surface area contributed by atoms with Crippen LogP contribution >= 0.6 is 23.5 Å². The number of fused-ring (bicyclic) bond motifs is 4. The van der Waals surface area contributed by atoms with Gasteiger partial charge in [0.05, 0.1) is 36.4 Å². The molecule has 5 rings (SSSR count). The molecule has 4 aromatic rings. The van der Waals surface area contributed by atoms with Crippen molar-refractivity contribution < 1.29 is 23.6 Å². The minimum absolute atomic E-state index is 0.186. The Morgan fingerprint density at radius 2 is 1.26 bits per heavy atom. The lowest BCUT2D eigenvalue weighted by atomic mass is 9.88. The molecular weight excluding hydrogens is 577 g/mol. The fraction of sp³-hybridized carbons (Fsp3) is 0.400. The summed E-state index contributed by atoms with van der Waals surface area (Å²) in [6, 6.07) is 19.3. The van der Waals surface area contributed by atoms with Gasteiger partial charge in [-0.25, -0.2) is 0 Å². The van der Waals surface area contributed by atoms with E-state index in [0.29, 0.717) is 0 Å². The summed E-state index contributed by atoms with van der Waals surface area (Å²) in [6.07, 6.45) is 6.22. The average molecular weight is 618 g/mol. The summed E-state index contributed by atoms with van der Waals surface area (Å²) in [5, 5.41) is 2.69. The Kier molecular flexibility index (Phi) is 10.5. The van der Waals surface area contributed by atoms with Crippen LogP contribution in [0.4, 0.5) is 11.4 Å². The lowest BCUT2D eigenvalue weighted by molar-refractivity contribution is -0.645. The quantitative estimate of drug-likeness (QED) is 0.0801. The second-order valence-electron chi connectivity index (χ2n) is 10.9. The van der Waals surface area contributed by atoms with E-state index in [1.807, 2.05) is 0 Å². The van der Waals surface area contributed by atoms with Crippen LogP contribution in [0.3, 0.4) is 0 Å². The maximum atomic E-state index is 11.4. The third-order valence-corrected chi connectivity index (χ3v) is 9.84. The van der Waals surface area contributed by atoms with Crippen LogP contribution in [0, 0.1) is 0 Å². The summed E-state index contributed by atoms with van der Waals surface area (Å²) < 4.78 is 14.5. The van der Waals surface area contributed by atoms with E-state index < -0.39 is 0 Å². The van der Waals surface area contributed by atoms with Crippen LogP contribution in [0.5, 0.6) is 11.5 Å². The number of rotatable bonds is 14. The highest BCUT2D eigenvalue weighted by molar-refractivity contribution is 8.13. The van der Waals surface area contributed by atoms with Gasteiger partial charge < -0.3 is 14.4 Å². The van der Waals surface area contributed by atoms with Crippen molar-refractivity contribution in [1.82, 2.24) is 0 Å². The summed E-state index contributed by atoms with van der Waals surface area (Å²) in [7, 11) is 3.49. The zero-order valence-corrected chi connectivity index (χ0v) is 27.2. The first kappa shape index (κ1) is 31.2. The van der Waals surface area contributed by atoms with E-state index in [-0.39, 0.29) is 10.2 Å². The van der Waals surface area contributed by atoms with Gasteiger partial charge in [-0.15, -0.1) is 0 Å². The normalized spacial score (nSPS) is 12.0. The largest absolute Gasteiger partial charge is 0.496 e. The molecule has 1 aliphatic heterocycles. The fourth-order valence-electron chi connectivity index (χ4n) is 6.21. The topological polar surface area (TPSA) is 59.7 Å². The summed E-state index contributed by atoms with van der Waals surface area (Å²) in [4.78, 5) is 25.2. The van der Waals surface area contributed by atoms with Crippen molar-refractivity contribution in [3.05, 3.63) is 54.6 Å². The molecule has 2 heterocycles. The predicted octanol–water partition coefficient (Wildman–Crippen LogP) is 8.32. The van der Waals surface area contributed by atoms with Crippen LogP contribution in [0.25, 0.3) is 32.9 Å². The molecular formula is C35H41N2O4S2+. The molecule has 0 radical (unpaired) electrons. The van der Waals surface area contributed by atoms with Crippen LogP contribution in [0.2, 0.25) is 0 Å². The number of carbonyl (C=O) groups excluding carboxylic acids is 2. The Bertz CT molecular complexity index is 1640. The molecule has 0 bridgehead atoms. The lowest BCUT2D eigenvalue weighted by Crippen LogP contribution is -2.37. The molecule has 8 heteroatoms. The zero-order valence-electron chi connectivity index (χ0n) is 25.6. The molecule has 226 valence electrons. The van der Waals surface area contributed by atoms with Crippen LogP contribution in [-0.2, 0) is 16.1 Å². The van der Waals surface area contributed by atoms with Gasteiger partial charge in [-0.2, -0.15) is 4.57 Å². The number of aryl methyl sites for hydroxylation is 1. The molecule has 0 N–H and O–H groups in total. The van der Waals surface area contributed by atoms with Crippen LogP contribution in [-0.4, -0.2) is 42.5 Å². The van der Waals surface area contributed by atoms with E-state index in [1.165, 1.54) is 40.1 Å². The van der Waals surface area contributed by atoms with Gasteiger partial charge in [0.15, 0.2) is 10.2 Å². The van der Waals surface area contributed by atoms with Gasteiger partial charge in [-0.3, -0.25) is 9.59 Å². The molecule has 0 spiro atoms. The highest BCUT2D eigenvalue weighted by Crippen LogP contribution is 2.54. The number of methoxy groups -OCH3 is 2. The van der Waals surface area contributed by atoms with Crippen molar-refractivity contribution >= 4 is 66.9 Å². The van der Waals surface area contributed by atoms with E-state index in [2.05, 4.69) is 64.1 Å². The number of aromatic nitrogens is 1. The molecule has 0 unspecified atom stereocenters. The highest BCUT2D eigenvalue weighted by Gasteiger charge is 2.34. The predicted molar refractivity (Wildman–Crippen MR) is 181 cm³/mol. The standard InChI is InChI=1S/C35H41N2O4S2/c1-24(38)42-22-9-5-7-20-36-26-14-11-15-27-32(26)35(33-28(36)16-12-18-30(33)40-3)34-29(17-13-19-31(34)41-4)37(27)21-8-6-10-23-43-25(2)39/h11-19H,5-10,20-23H2,1-4H3/q+1. The number of unbranched alkanes of at least 4 members (excludes halogenated alkanes) is 4. The maximum Gasteiger partial charge on any atom is 0.217 e. The summed E-state index contributed by atoms with van der Waals surface area (Å²) in [5.74, 6) is 3.45. The number of hydrogen-bond acceptors (Lipinski definition) is 7. The van der Waals surface area contributed by atoms with Gasteiger partial charge in [-0.1, -0.05) is 48.1 Å². The molecule has 3 aromatic carbocycles. The first-order chi connectivity index (χ1) is 21.0. The Morgan fingerprint density at radius 1 is 0.674 bits per heavy atom. The van der Waals surface area contributed by atoms with Crippen molar-refractivity contribution in [1.29, 1.82) is 0 Å². The van der Waals surface area contributed by atoms with Gasteiger partial charge in [0, 0.05) is 61.6 Å². The van der Waals surface area contributed by atoms with Crippen LogP contribution in [0.1, 0.15) is 52.4 Å². The Labute approximate surface area is 263 Å². The third kappa shape index (κ3) is 6.65. The Balaban J connectivity index is 1.62. The van der Waals surface area contributed by atoms with Crippen molar-refractivity contribution in [2.24, 2.45) is 0 Å². The maximum absolute atomic E-state index is 11.4. The zero-order chi connectivity index (χ0) is 30.3. The second-order valence-corrected chi connectivity index (χ2v) is 13.4. The summed E-state index contributed by atoms with van der Waals surface area (Å²) >= 11 is 2.83. The monoisotopic (exact) mass is 617 g/mol. The van der Waals surface area contributed by atoms with E-state index >= 15 is 0 Å². The van der Waals surface area contributed by atoms with E-state index in [9.17, 15) is 9.59 Å². The van der Waals surface area contributed by atoms with Gasteiger partial charge in [-0.05, 0) is 49.9 Å². The first-order valence-electron chi connectivity index (χ1n) is 15.1. The number of nitrogens with zero attached hydrogens (tertiary/aromatic N) is 2. The Morgan fingerprint density at radius 3 is 1.93 bits per heavy atom. The number of pyridine rings is 1. The number of hydrogen-bond donors (Lipinski definition) is 0. The molecule has 1 aromatic heterocycles. The van der Waals surface area contributed by atoms with Crippen molar-refractivity contribution in [3.63, 3.8) is 0 Å². The van der Waals surface area contributed by atoms with Crippen molar-refractivity contribution in [3.8, 4) is 22.6 Å². The smallest absolute Gasteiger partial charge is 0.217 e. The minimum Gasteiger partial charge on any atom is -0.496 e. The van der Waals surface area contributed by atoms with Crippen molar-refractivity contribution in [2.45, 2.75) is 58.9 Å². The second kappa shape index (κ2) is 14.5. The molecule has 6 nitrogen and oxygen atoms in total. The van der Waals surface area contributed by atoms with Crippen molar-refractivity contribution in [2.75, 3.05) is 37.2 Å². The molecule has 43 heavy (non-hydrogen) atoms. The highest BCUT2D eigenvalue weighted by atomic mass is 32.2. The van der Waals surface area contributed by atoms with Crippen LogP contribution < -0.4 is 18.9 Å². The molecule has 0 saturated carbocycles. The summed E-state index contributed by atoms with van der Waals surface area (Å²) in [6.45, 7) is 5.03.